The number of nitrogens with one attached hydrogen (secondary N) is 1. The van der Waals surface area contributed by atoms with Gasteiger partial charge in [-0.15, -0.1) is 11.8 Å². The van der Waals surface area contributed by atoms with Gasteiger partial charge in [0.25, 0.3) is 0 Å². The SMILES string of the molecule is CSC1=C(C#N)[C@H](c2ccco2)C(C(=O)Nc2ccccc2C)C(C)=N1. The fourth-order valence-corrected chi connectivity index (χ4v) is 3.77. The van der Waals surface area contributed by atoms with Crippen molar-refractivity contribution in [2.24, 2.45) is 10.9 Å². The Kier molecular flexibility index (Phi) is 5.29. The quantitative estimate of drug-likeness (QED) is 0.865. The molecule has 0 saturated heterocycles. The van der Waals surface area contributed by atoms with E-state index in [-0.39, 0.29) is 5.91 Å². The molecule has 1 unspecified atom stereocenters. The maximum atomic E-state index is 13.1. The van der Waals surface area contributed by atoms with Crippen molar-refractivity contribution in [3.8, 4) is 6.07 Å². The van der Waals surface area contributed by atoms with Crippen LogP contribution in [-0.2, 0) is 4.79 Å². The molecule has 0 fully saturated rings. The van der Waals surface area contributed by atoms with Crippen LogP contribution < -0.4 is 5.32 Å². The number of amides is 1. The zero-order valence-electron chi connectivity index (χ0n) is 14.8. The number of nitrogens with zero attached hydrogens (tertiary/aromatic N) is 2. The molecule has 0 bridgehead atoms. The summed E-state index contributed by atoms with van der Waals surface area (Å²) < 4.78 is 5.57. The molecule has 0 radical (unpaired) electrons. The highest BCUT2D eigenvalue weighted by atomic mass is 32.2. The predicted octanol–water partition coefficient (Wildman–Crippen LogP) is 4.50. The van der Waals surface area contributed by atoms with Gasteiger partial charge >= 0.3 is 0 Å². The minimum atomic E-state index is -0.605. The van der Waals surface area contributed by atoms with Crippen molar-refractivity contribution in [3.05, 3.63) is 64.6 Å². The van der Waals surface area contributed by atoms with Gasteiger partial charge in [0, 0.05) is 11.4 Å². The minimum absolute atomic E-state index is 0.199. The number of hydrogen-bond acceptors (Lipinski definition) is 5. The molecule has 1 aromatic carbocycles. The number of allylic oxidation sites excluding steroid dienone is 1. The van der Waals surface area contributed by atoms with Gasteiger partial charge in [0.05, 0.1) is 29.7 Å². The number of furan rings is 1. The maximum absolute atomic E-state index is 13.1. The van der Waals surface area contributed by atoms with Crippen molar-refractivity contribution in [1.82, 2.24) is 0 Å². The van der Waals surface area contributed by atoms with E-state index in [0.29, 0.717) is 22.1 Å². The van der Waals surface area contributed by atoms with Crippen molar-refractivity contribution >= 4 is 29.1 Å². The Labute approximate surface area is 156 Å². The van der Waals surface area contributed by atoms with Crippen LogP contribution in [0.2, 0.25) is 0 Å². The van der Waals surface area contributed by atoms with Gasteiger partial charge < -0.3 is 9.73 Å². The predicted molar refractivity (Wildman–Crippen MR) is 104 cm³/mol. The highest BCUT2D eigenvalue weighted by Crippen LogP contribution is 2.41. The normalized spacial score (nSPS) is 19.7. The van der Waals surface area contributed by atoms with Gasteiger partial charge in [-0.25, -0.2) is 4.99 Å². The number of para-hydroxylation sites is 1. The van der Waals surface area contributed by atoms with E-state index in [1.807, 2.05) is 44.4 Å². The minimum Gasteiger partial charge on any atom is -0.469 e. The summed E-state index contributed by atoms with van der Waals surface area (Å²) in [6.45, 7) is 3.76. The first-order valence-corrected chi connectivity index (χ1v) is 9.42. The Morgan fingerprint density at radius 2 is 2.04 bits per heavy atom. The largest absolute Gasteiger partial charge is 0.469 e. The molecule has 0 saturated carbocycles. The van der Waals surface area contributed by atoms with Crippen LogP contribution in [0.3, 0.4) is 0 Å². The Hall–Kier alpha value is -2.78. The van der Waals surface area contributed by atoms with E-state index in [9.17, 15) is 10.1 Å². The van der Waals surface area contributed by atoms with Gasteiger partial charge in [-0.1, -0.05) is 18.2 Å². The summed E-state index contributed by atoms with van der Waals surface area (Å²) in [5.41, 5.74) is 2.85. The molecule has 1 aromatic heterocycles. The average Bonchev–Trinajstić information content (AvgIpc) is 3.16. The second-order valence-corrected chi connectivity index (χ2v) is 6.86. The number of anilines is 1. The summed E-state index contributed by atoms with van der Waals surface area (Å²) in [7, 11) is 0. The van der Waals surface area contributed by atoms with Crippen molar-refractivity contribution < 1.29 is 9.21 Å². The first-order chi connectivity index (χ1) is 12.6. The van der Waals surface area contributed by atoms with Crippen molar-refractivity contribution in [1.29, 1.82) is 5.26 Å². The summed E-state index contributed by atoms with van der Waals surface area (Å²) >= 11 is 1.40. The van der Waals surface area contributed by atoms with E-state index in [2.05, 4.69) is 16.4 Å². The molecule has 5 nitrogen and oxygen atoms in total. The van der Waals surface area contributed by atoms with E-state index in [1.54, 1.807) is 18.4 Å². The number of benzene rings is 1. The summed E-state index contributed by atoms with van der Waals surface area (Å²) in [6, 6.07) is 13.4. The second kappa shape index (κ2) is 7.63. The Morgan fingerprint density at radius 1 is 1.27 bits per heavy atom. The highest BCUT2D eigenvalue weighted by Gasteiger charge is 2.40. The van der Waals surface area contributed by atoms with Gasteiger partial charge in [-0.3, -0.25) is 4.79 Å². The van der Waals surface area contributed by atoms with Crippen LogP contribution in [0.15, 0.2) is 62.7 Å². The third-order valence-electron chi connectivity index (χ3n) is 4.45. The molecule has 1 N–H and O–H groups in total. The lowest BCUT2D eigenvalue weighted by atomic mass is 9.79. The summed E-state index contributed by atoms with van der Waals surface area (Å²) in [5, 5.41) is 13.3. The molecule has 2 aromatic rings. The van der Waals surface area contributed by atoms with Crippen LogP contribution in [-0.4, -0.2) is 17.9 Å². The number of aryl methyl sites for hydroxylation is 1. The lowest BCUT2D eigenvalue weighted by Gasteiger charge is -2.29. The van der Waals surface area contributed by atoms with E-state index in [4.69, 9.17) is 4.42 Å². The molecule has 2 atom stereocenters. The van der Waals surface area contributed by atoms with Crippen LogP contribution in [0.4, 0.5) is 5.69 Å². The molecule has 1 aliphatic heterocycles. The molecule has 6 heteroatoms. The van der Waals surface area contributed by atoms with Crippen molar-refractivity contribution in [2.45, 2.75) is 19.8 Å². The zero-order chi connectivity index (χ0) is 18.7. The monoisotopic (exact) mass is 365 g/mol. The molecule has 1 aliphatic rings. The van der Waals surface area contributed by atoms with Crippen molar-refractivity contribution in [2.75, 3.05) is 11.6 Å². The number of nitriles is 1. The Morgan fingerprint density at radius 3 is 2.65 bits per heavy atom. The number of carbonyl (C=O) groups is 1. The number of carbonyl (C=O) groups excluding carboxylic acids is 1. The van der Waals surface area contributed by atoms with Crippen LogP contribution in [0.5, 0.6) is 0 Å². The van der Waals surface area contributed by atoms with Crippen LogP contribution in [0, 0.1) is 24.2 Å². The van der Waals surface area contributed by atoms with Gasteiger partial charge in [0.15, 0.2) is 0 Å². The molecule has 2 heterocycles. The third-order valence-corrected chi connectivity index (χ3v) is 5.15. The average molecular weight is 365 g/mol. The van der Waals surface area contributed by atoms with Gasteiger partial charge in [-0.2, -0.15) is 5.26 Å². The summed E-state index contributed by atoms with van der Waals surface area (Å²) in [5.74, 6) is -0.701. The molecule has 3 rings (SSSR count). The molecule has 132 valence electrons. The van der Waals surface area contributed by atoms with Crippen molar-refractivity contribution in [3.63, 3.8) is 0 Å². The van der Waals surface area contributed by atoms with Gasteiger partial charge in [0.2, 0.25) is 5.91 Å². The number of thioether (sulfide) groups is 1. The third kappa shape index (κ3) is 3.31. The molecular formula is C20H19N3O2S. The van der Waals surface area contributed by atoms with E-state index < -0.39 is 11.8 Å². The lowest BCUT2D eigenvalue weighted by Crippen LogP contribution is -2.36. The van der Waals surface area contributed by atoms with Gasteiger partial charge in [-0.05, 0) is 43.9 Å². The highest BCUT2D eigenvalue weighted by molar-refractivity contribution is 8.02. The second-order valence-electron chi connectivity index (χ2n) is 6.06. The smallest absolute Gasteiger partial charge is 0.234 e. The first-order valence-electron chi connectivity index (χ1n) is 8.20. The topological polar surface area (TPSA) is 78.4 Å². The fourth-order valence-electron chi connectivity index (χ4n) is 3.14. The summed E-state index contributed by atoms with van der Waals surface area (Å²) in [6.07, 6.45) is 3.43. The Bertz CT molecular complexity index is 923. The Balaban J connectivity index is 2.03. The first kappa shape index (κ1) is 18.0. The fraction of sp³-hybridized carbons (Fsp3) is 0.250. The summed E-state index contributed by atoms with van der Waals surface area (Å²) in [4.78, 5) is 17.6. The molecule has 0 aliphatic carbocycles. The van der Waals surface area contributed by atoms with Crippen LogP contribution >= 0.6 is 11.8 Å². The standard InChI is InChI=1S/C20H19N3O2S/c1-12-7-4-5-8-15(12)23-19(24)17-13(2)22-20(26-3)14(11-21)18(17)16-9-6-10-25-16/h4-10,17-18H,1-3H3,(H,23,24)/t17?,18-/m1/s1. The molecule has 0 spiro atoms. The number of hydrogen-bond donors (Lipinski definition) is 1. The number of rotatable bonds is 4. The zero-order valence-corrected chi connectivity index (χ0v) is 15.6. The van der Waals surface area contributed by atoms with E-state index in [1.165, 1.54) is 11.8 Å². The van der Waals surface area contributed by atoms with E-state index >= 15 is 0 Å². The van der Waals surface area contributed by atoms with Crippen LogP contribution in [0.25, 0.3) is 0 Å². The maximum Gasteiger partial charge on any atom is 0.234 e. The number of aliphatic imine (C=N–C) groups is 1. The van der Waals surface area contributed by atoms with E-state index in [0.717, 1.165) is 11.3 Å². The van der Waals surface area contributed by atoms with Gasteiger partial charge in [0.1, 0.15) is 10.8 Å². The lowest BCUT2D eigenvalue weighted by molar-refractivity contribution is -0.118. The molecule has 26 heavy (non-hydrogen) atoms. The molecule has 1 amide bonds. The molecular weight excluding hydrogens is 346 g/mol. The van der Waals surface area contributed by atoms with Crippen LogP contribution in [0.1, 0.15) is 24.2 Å².